The Morgan fingerprint density at radius 2 is 1.93 bits per heavy atom. The van der Waals surface area contributed by atoms with E-state index in [0.717, 1.165) is 50.1 Å². The van der Waals surface area contributed by atoms with E-state index in [9.17, 15) is 4.79 Å². The van der Waals surface area contributed by atoms with Crippen molar-refractivity contribution in [2.45, 2.75) is 6.92 Å². The first-order chi connectivity index (χ1) is 14.2. The van der Waals surface area contributed by atoms with E-state index in [0.29, 0.717) is 18.8 Å². The number of para-hydroxylation sites is 2. The van der Waals surface area contributed by atoms with Gasteiger partial charge in [0.2, 0.25) is 0 Å². The van der Waals surface area contributed by atoms with Crippen LogP contribution in [0.5, 0.6) is 5.75 Å². The lowest BCUT2D eigenvalue weighted by atomic mass is 10.2. The average molecular weight is 399 g/mol. The Kier molecular flexibility index (Phi) is 7.38. The second-order valence-corrected chi connectivity index (χ2v) is 6.61. The molecule has 1 aliphatic rings. The van der Waals surface area contributed by atoms with Gasteiger partial charge in [-0.1, -0.05) is 12.1 Å². The van der Waals surface area contributed by atoms with Gasteiger partial charge in [-0.15, -0.1) is 0 Å². The van der Waals surface area contributed by atoms with Crippen LogP contribution in [0.3, 0.4) is 0 Å². The van der Waals surface area contributed by atoms with E-state index in [1.807, 2.05) is 18.2 Å². The fourth-order valence-corrected chi connectivity index (χ4v) is 3.30. The predicted octanol–water partition coefficient (Wildman–Crippen LogP) is 1.81. The number of amides is 1. The zero-order valence-electron chi connectivity index (χ0n) is 17.1. The van der Waals surface area contributed by atoms with Crippen LogP contribution in [0.2, 0.25) is 0 Å². The summed E-state index contributed by atoms with van der Waals surface area (Å²) in [7, 11) is 1.70. The SMILES string of the molecule is CCNC(=NCCNC(=O)c1ccco1)N1CCN(c2ccccc2OC)CC1. The molecule has 3 rings (SSSR count). The maximum Gasteiger partial charge on any atom is 0.287 e. The third-order valence-corrected chi connectivity index (χ3v) is 4.74. The topological polar surface area (TPSA) is 82.3 Å². The molecule has 0 aliphatic carbocycles. The predicted molar refractivity (Wildman–Crippen MR) is 114 cm³/mol. The Morgan fingerprint density at radius 3 is 2.62 bits per heavy atom. The van der Waals surface area contributed by atoms with Crippen molar-refractivity contribution in [3.05, 3.63) is 48.4 Å². The third kappa shape index (κ3) is 5.43. The third-order valence-electron chi connectivity index (χ3n) is 4.74. The Morgan fingerprint density at radius 1 is 1.14 bits per heavy atom. The van der Waals surface area contributed by atoms with Crippen LogP contribution in [-0.4, -0.2) is 69.7 Å². The maximum atomic E-state index is 11.9. The molecule has 0 spiro atoms. The number of nitrogens with zero attached hydrogens (tertiary/aromatic N) is 3. The smallest absolute Gasteiger partial charge is 0.287 e. The number of ether oxygens (including phenoxy) is 1. The molecule has 0 atom stereocenters. The summed E-state index contributed by atoms with van der Waals surface area (Å²) in [6.45, 7) is 7.31. The van der Waals surface area contributed by atoms with E-state index in [1.54, 1.807) is 19.2 Å². The summed E-state index contributed by atoms with van der Waals surface area (Å²) in [5.41, 5.74) is 1.12. The zero-order valence-corrected chi connectivity index (χ0v) is 17.1. The number of hydrogen-bond acceptors (Lipinski definition) is 5. The quantitative estimate of drug-likeness (QED) is 0.420. The van der Waals surface area contributed by atoms with Gasteiger partial charge >= 0.3 is 0 Å². The van der Waals surface area contributed by atoms with E-state index in [-0.39, 0.29) is 5.91 Å². The van der Waals surface area contributed by atoms with Gasteiger partial charge in [-0.25, -0.2) is 0 Å². The molecule has 1 aliphatic heterocycles. The van der Waals surface area contributed by atoms with Gasteiger partial charge < -0.3 is 29.6 Å². The molecule has 0 unspecified atom stereocenters. The molecule has 0 radical (unpaired) electrons. The van der Waals surface area contributed by atoms with Crippen LogP contribution in [0.15, 0.2) is 52.1 Å². The number of furan rings is 1. The Hall–Kier alpha value is -3.16. The highest BCUT2D eigenvalue weighted by molar-refractivity contribution is 5.91. The molecule has 2 N–H and O–H groups in total. The number of benzene rings is 1. The molecule has 29 heavy (non-hydrogen) atoms. The van der Waals surface area contributed by atoms with Crippen LogP contribution < -0.4 is 20.3 Å². The van der Waals surface area contributed by atoms with Gasteiger partial charge in [0.15, 0.2) is 11.7 Å². The van der Waals surface area contributed by atoms with Gasteiger partial charge in [0, 0.05) is 39.3 Å². The van der Waals surface area contributed by atoms with Crippen molar-refractivity contribution in [1.82, 2.24) is 15.5 Å². The fourth-order valence-electron chi connectivity index (χ4n) is 3.30. The molecule has 1 aromatic carbocycles. The lowest BCUT2D eigenvalue weighted by molar-refractivity contribution is 0.0927. The lowest BCUT2D eigenvalue weighted by Gasteiger charge is -2.38. The number of nitrogens with one attached hydrogen (secondary N) is 2. The van der Waals surface area contributed by atoms with Crippen molar-refractivity contribution in [3.8, 4) is 5.75 Å². The standard InChI is InChI=1S/C21H29N5O3/c1-3-22-21(24-11-10-23-20(27)19-9-6-16-29-19)26-14-12-25(13-15-26)17-7-4-5-8-18(17)28-2/h4-9,16H,3,10-15H2,1-2H3,(H,22,24)(H,23,27). The fraction of sp³-hybridized carbons (Fsp3) is 0.429. The largest absolute Gasteiger partial charge is 0.495 e. The minimum absolute atomic E-state index is 0.222. The number of guanidine groups is 1. The van der Waals surface area contributed by atoms with Gasteiger partial charge in [0.25, 0.3) is 5.91 Å². The number of hydrogen-bond donors (Lipinski definition) is 2. The van der Waals surface area contributed by atoms with Crippen molar-refractivity contribution >= 4 is 17.6 Å². The van der Waals surface area contributed by atoms with Gasteiger partial charge in [-0.2, -0.15) is 0 Å². The Labute approximate surface area is 171 Å². The van der Waals surface area contributed by atoms with Crippen LogP contribution in [0, 0.1) is 0 Å². The molecule has 1 aromatic heterocycles. The van der Waals surface area contributed by atoms with Crippen molar-refractivity contribution in [2.24, 2.45) is 4.99 Å². The molecular weight excluding hydrogens is 370 g/mol. The number of piperazine rings is 1. The molecule has 2 heterocycles. The minimum atomic E-state index is -0.222. The number of carbonyl (C=O) groups is 1. The van der Waals surface area contributed by atoms with Crippen LogP contribution >= 0.6 is 0 Å². The molecule has 1 amide bonds. The molecule has 156 valence electrons. The zero-order chi connectivity index (χ0) is 20.5. The minimum Gasteiger partial charge on any atom is -0.495 e. The van der Waals surface area contributed by atoms with E-state index in [4.69, 9.17) is 9.15 Å². The van der Waals surface area contributed by atoms with Gasteiger partial charge in [-0.05, 0) is 31.2 Å². The summed E-state index contributed by atoms with van der Waals surface area (Å²) in [6, 6.07) is 11.4. The monoisotopic (exact) mass is 399 g/mol. The second-order valence-electron chi connectivity index (χ2n) is 6.61. The van der Waals surface area contributed by atoms with Gasteiger partial charge in [0.1, 0.15) is 5.75 Å². The Balaban J connectivity index is 1.52. The average Bonchev–Trinajstić information content (AvgIpc) is 3.31. The van der Waals surface area contributed by atoms with Crippen molar-refractivity contribution < 1.29 is 13.9 Å². The highest BCUT2D eigenvalue weighted by atomic mass is 16.5. The highest BCUT2D eigenvalue weighted by Gasteiger charge is 2.21. The summed E-state index contributed by atoms with van der Waals surface area (Å²) in [4.78, 5) is 21.2. The second kappa shape index (κ2) is 10.4. The van der Waals surface area contributed by atoms with Gasteiger partial charge in [0.05, 0.1) is 25.6 Å². The van der Waals surface area contributed by atoms with Crippen LogP contribution in [-0.2, 0) is 0 Å². The summed E-state index contributed by atoms with van der Waals surface area (Å²) in [5.74, 6) is 1.86. The van der Waals surface area contributed by atoms with E-state index >= 15 is 0 Å². The van der Waals surface area contributed by atoms with E-state index in [1.165, 1.54) is 6.26 Å². The van der Waals surface area contributed by atoms with Crippen molar-refractivity contribution in [1.29, 1.82) is 0 Å². The first-order valence-electron chi connectivity index (χ1n) is 9.96. The molecule has 0 saturated carbocycles. The lowest BCUT2D eigenvalue weighted by Crippen LogP contribution is -2.52. The van der Waals surface area contributed by atoms with Crippen LogP contribution in [0.1, 0.15) is 17.5 Å². The normalized spacial score (nSPS) is 14.6. The summed E-state index contributed by atoms with van der Waals surface area (Å²) < 4.78 is 10.6. The first-order valence-corrected chi connectivity index (χ1v) is 9.96. The van der Waals surface area contributed by atoms with E-state index in [2.05, 4.69) is 38.4 Å². The molecular formula is C21H29N5O3. The van der Waals surface area contributed by atoms with Crippen molar-refractivity contribution in [2.75, 3.05) is 57.8 Å². The molecule has 0 bridgehead atoms. The summed E-state index contributed by atoms with van der Waals surface area (Å²) in [5, 5.41) is 6.17. The van der Waals surface area contributed by atoms with Crippen molar-refractivity contribution in [3.63, 3.8) is 0 Å². The summed E-state index contributed by atoms with van der Waals surface area (Å²) >= 11 is 0. The molecule has 8 heteroatoms. The highest BCUT2D eigenvalue weighted by Crippen LogP contribution is 2.28. The molecule has 8 nitrogen and oxygen atoms in total. The number of rotatable bonds is 7. The number of methoxy groups -OCH3 is 1. The van der Waals surface area contributed by atoms with Gasteiger partial charge in [-0.3, -0.25) is 9.79 Å². The molecule has 1 fully saturated rings. The molecule has 1 saturated heterocycles. The first kappa shape index (κ1) is 20.6. The number of anilines is 1. The summed E-state index contributed by atoms with van der Waals surface area (Å²) in [6.07, 6.45) is 1.49. The maximum absolute atomic E-state index is 11.9. The van der Waals surface area contributed by atoms with Crippen LogP contribution in [0.25, 0.3) is 0 Å². The number of carbonyl (C=O) groups excluding carboxylic acids is 1. The number of aliphatic imine (C=N–C) groups is 1. The van der Waals surface area contributed by atoms with Crippen LogP contribution in [0.4, 0.5) is 5.69 Å². The molecule has 2 aromatic rings. The Bertz CT molecular complexity index is 798. The van der Waals surface area contributed by atoms with E-state index < -0.39 is 0 Å².